The Balaban J connectivity index is 2.46. The number of aryl methyl sites for hydroxylation is 2. The Morgan fingerprint density at radius 3 is 2.75 bits per heavy atom. The molecule has 0 aliphatic carbocycles. The van der Waals surface area contributed by atoms with Crippen molar-refractivity contribution in [1.29, 1.82) is 0 Å². The molecule has 1 aromatic carbocycles. The summed E-state index contributed by atoms with van der Waals surface area (Å²) in [5, 5.41) is 11.8. The highest BCUT2D eigenvalue weighted by atomic mass is 15.5. The highest BCUT2D eigenvalue weighted by Crippen LogP contribution is 2.16. The second-order valence-corrected chi connectivity index (χ2v) is 3.74. The van der Waals surface area contributed by atoms with Crippen LogP contribution >= 0.6 is 0 Å². The Morgan fingerprint density at radius 1 is 1.19 bits per heavy atom. The lowest BCUT2D eigenvalue weighted by Crippen LogP contribution is -2.05. The summed E-state index contributed by atoms with van der Waals surface area (Å²) in [6, 6.07) is 8.29. The Bertz CT molecular complexity index is 462. The number of para-hydroxylation sites is 1. The molecule has 0 aliphatic heterocycles. The van der Waals surface area contributed by atoms with Crippen molar-refractivity contribution in [2.24, 2.45) is 0 Å². The molecule has 4 heteroatoms. The average Bonchev–Trinajstić information content (AvgIpc) is 2.78. The lowest BCUT2D eigenvalue weighted by atomic mass is 10.1. The van der Waals surface area contributed by atoms with Crippen molar-refractivity contribution < 1.29 is 0 Å². The number of nitrogens with zero attached hydrogens (tertiary/aromatic N) is 4. The smallest absolute Gasteiger partial charge is 0.156 e. The van der Waals surface area contributed by atoms with Crippen molar-refractivity contribution in [3.8, 4) is 5.69 Å². The van der Waals surface area contributed by atoms with Crippen LogP contribution in [-0.2, 0) is 12.8 Å². The maximum Gasteiger partial charge on any atom is 0.156 e. The molecule has 1 aromatic heterocycles. The van der Waals surface area contributed by atoms with Gasteiger partial charge in [-0.1, -0.05) is 38.5 Å². The zero-order valence-corrected chi connectivity index (χ0v) is 9.72. The maximum atomic E-state index is 4.06. The second kappa shape index (κ2) is 4.88. The Hall–Kier alpha value is -1.71. The number of benzene rings is 1. The van der Waals surface area contributed by atoms with Gasteiger partial charge in [-0.3, -0.25) is 0 Å². The first-order chi connectivity index (χ1) is 7.86. The predicted molar refractivity (Wildman–Crippen MR) is 62.5 cm³/mol. The van der Waals surface area contributed by atoms with Crippen LogP contribution in [0.5, 0.6) is 0 Å². The van der Waals surface area contributed by atoms with E-state index >= 15 is 0 Å². The number of hydrogen-bond donors (Lipinski definition) is 0. The van der Waals surface area contributed by atoms with Gasteiger partial charge in [-0.25, -0.2) is 0 Å². The monoisotopic (exact) mass is 216 g/mol. The van der Waals surface area contributed by atoms with E-state index in [0.29, 0.717) is 0 Å². The van der Waals surface area contributed by atoms with Crippen LogP contribution in [-0.4, -0.2) is 20.2 Å². The van der Waals surface area contributed by atoms with Crippen LogP contribution < -0.4 is 0 Å². The zero-order valence-electron chi connectivity index (χ0n) is 9.72. The molecule has 2 rings (SSSR count). The van der Waals surface area contributed by atoms with Gasteiger partial charge in [-0.15, -0.1) is 5.10 Å². The molecule has 0 radical (unpaired) electrons. The third-order valence-corrected chi connectivity index (χ3v) is 2.59. The molecule has 0 spiro atoms. The highest BCUT2D eigenvalue weighted by molar-refractivity contribution is 5.40. The molecule has 0 amide bonds. The summed E-state index contributed by atoms with van der Waals surface area (Å²) < 4.78 is 1.84. The van der Waals surface area contributed by atoms with Gasteiger partial charge in [0.25, 0.3) is 0 Å². The molecule has 16 heavy (non-hydrogen) atoms. The molecule has 0 atom stereocenters. The molecule has 1 heterocycles. The van der Waals surface area contributed by atoms with Gasteiger partial charge in [0.1, 0.15) is 0 Å². The highest BCUT2D eigenvalue weighted by Gasteiger charge is 2.09. The predicted octanol–water partition coefficient (Wildman–Crippen LogP) is 2.18. The van der Waals surface area contributed by atoms with Crippen LogP contribution in [0.15, 0.2) is 24.3 Å². The normalized spacial score (nSPS) is 10.6. The van der Waals surface area contributed by atoms with Crippen molar-refractivity contribution in [3.05, 3.63) is 35.7 Å². The minimum atomic E-state index is 0.841. The molecule has 0 bridgehead atoms. The van der Waals surface area contributed by atoms with Crippen molar-refractivity contribution in [3.63, 3.8) is 0 Å². The van der Waals surface area contributed by atoms with Crippen molar-refractivity contribution >= 4 is 0 Å². The molecule has 0 fully saturated rings. The van der Waals surface area contributed by atoms with Crippen LogP contribution in [0.25, 0.3) is 5.69 Å². The Morgan fingerprint density at radius 2 is 2.00 bits per heavy atom. The molecule has 0 aliphatic rings. The van der Waals surface area contributed by atoms with Gasteiger partial charge < -0.3 is 0 Å². The van der Waals surface area contributed by atoms with E-state index < -0.39 is 0 Å². The molecular weight excluding hydrogens is 200 g/mol. The third-order valence-electron chi connectivity index (χ3n) is 2.59. The average molecular weight is 216 g/mol. The van der Waals surface area contributed by atoms with E-state index in [9.17, 15) is 0 Å². The first kappa shape index (κ1) is 10.8. The fourth-order valence-electron chi connectivity index (χ4n) is 1.81. The molecular formula is C12H16N4. The minimum Gasteiger partial charge on any atom is -0.197 e. The summed E-state index contributed by atoms with van der Waals surface area (Å²) in [4.78, 5) is 0. The van der Waals surface area contributed by atoms with E-state index in [0.717, 1.165) is 30.8 Å². The van der Waals surface area contributed by atoms with Gasteiger partial charge in [0.15, 0.2) is 5.82 Å². The summed E-state index contributed by atoms with van der Waals surface area (Å²) in [7, 11) is 0. The van der Waals surface area contributed by atoms with Crippen molar-refractivity contribution in [1.82, 2.24) is 20.2 Å². The van der Waals surface area contributed by atoms with Gasteiger partial charge in [-0.05, 0) is 28.5 Å². The van der Waals surface area contributed by atoms with Crippen molar-refractivity contribution in [2.75, 3.05) is 0 Å². The van der Waals surface area contributed by atoms with E-state index in [1.165, 1.54) is 5.56 Å². The number of hydrogen-bond acceptors (Lipinski definition) is 3. The van der Waals surface area contributed by atoms with E-state index in [-0.39, 0.29) is 0 Å². The van der Waals surface area contributed by atoms with Gasteiger partial charge in [-0.2, -0.15) is 4.68 Å². The molecule has 0 saturated carbocycles. The minimum absolute atomic E-state index is 0.841. The molecule has 0 N–H and O–H groups in total. The molecule has 0 saturated heterocycles. The summed E-state index contributed by atoms with van der Waals surface area (Å²) in [5.74, 6) is 0.906. The summed E-state index contributed by atoms with van der Waals surface area (Å²) >= 11 is 0. The van der Waals surface area contributed by atoms with Crippen LogP contribution in [0.1, 0.15) is 31.7 Å². The second-order valence-electron chi connectivity index (χ2n) is 3.74. The summed E-state index contributed by atoms with van der Waals surface area (Å²) in [6.07, 6.45) is 3.02. The van der Waals surface area contributed by atoms with E-state index in [4.69, 9.17) is 0 Å². The molecule has 0 unspecified atom stereocenters. The van der Waals surface area contributed by atoms with Gasteiger partial charge in [0, 0.05) is 6.42 Å². The number of rotatable bonds is 4. The van der Waals surface area contributed by atoms with Gasteiger partial charge in [0.05, 0.1) is 5.69 Å². The van der Waals surface area contributed by atoms with E-state index in [1.807, 2.05) is 10.7 Å². The first-order valence-corrected chi connectivity index (χ1v) is 5.72. The largest absolute Gasteiger partial charge is 0.197 e. The first-order valence-electron chi connectivity index (χ1n) is 5.72. The van der Waals surface area contributed by atoms with Gasteiger partial charge in [0.2, 0.25) is 0 Å². The van der Waals surface area contributed by atoms with Crippen molar-refractivity contribution in [2.45, 2.75) is 33.1 Å². The SMILES string of the molecule is CCCc1ccccc1-n1nnnc1CC. The Labute approximate surface area is 95.3 Å². The van der Waals surface area contributed by atoms with Crippen LogP contribution in [0.2, 0.25) is 0 Å². The lowest BCUT2D eigenvalue weighted by molar-refractivity contribution is 0.753. The summed E-state index contributed by atoms with van der Waals surface area (Å²) in [6.45, 7) is 4.24. The Kier molecular flexibility index (Phi) is 3.29. The molecule has 84 valence electrons. The van der Waals surface area contributed by atoms with E-state index in [2.05, 4.69) is 47.6 Å². The lowest BCUT2D eigenvalue weighted by Gasteiger charge is -2.08. The molecule has 2 aromatic rings. The topological polar surface area (TPSA) is 43.6 Å². The molecule has 4 nitrogen and oxygen atoms in total. The van der Waals surface area contributed by atoms with E-state index in [1.54, 1.807) is 0 Å². The fraction of sp³-hybridized carbons (Fsp3) is 0.417. The van der Waals surface area contributed by atoms with Crippen LogP contribution in [0.4, 0.5) is 0 Å². The van der Waals surface area contributed by atoms with Crippen LogP contribution in [0, 0.1) is 0 Å². The fourth-order valence-corrected chi connectivity index (χ4v) is 1.81. The number of tetrazole rings is 1. The maximum absolute atomic E-state index is 4.06. The number of aromatic nitrogens is 4. The quantitative estimate of drug-likeness (QED) is 0.786. The van der Waals surface area contributed by atoms with Gasteiger partial charge >= 0.3 is 0 Å². The zero-order chi connectivity index (χ0) is 11.4. The standard InChI is InChI=1S/C12H16N4/c1-3-7-10-8-5-6-9-11(10)16-12(4-2)13-14-15-16/h5-6,8-9H,3-4,7H2,1-2H3. The summed E-state index contributed by atoms with van der Waals surface area (Å²) in [5.41, 5.74) is 2.40. The van der Waals surface area contributed by atoms with Crippen LogP contribution in [0.3, 0.4) is 0 Å². The third kappa shape index (κ3) is 1.96.